The first kappa shape index (κ1) is 16.8. The van der Waals surface area contributed by atoms with Crippen molar-refractivity contribution < 1.29 is 9.09 Å². The zero-order chi connectivity index (χ0) is 17.3. The molecule has 0 aliphatic carbocycles. The van der Waals surface area contributed by atoms with Crippen molar-refractivity contribution in [2.24, 2.45) is 5.92 Å². The van der Waals surface area contributed by atoms with Gasteiger partial charge in [-0.05, 0) is 45.9 Å². The predicted molar refractivity (Wildman–Crippen MR) is 105 cm³/mol. The molecular weight excluding hydrogens is 356 g/mol. The van der Waals surface area contributed by atoms with Crippen LogP contribution in [0.1, 0.15) is 13.8 Å². The van der Waals surface area contributed by atoms with E-state index in [0.29, 0.717) is 0 Å². The normalized spacial score (nSPS) is 42.9. The molecule has 2 unspecified atom stereocenters. The molecule has 4 rings (SSSR count). The maximum Gasteiger partial charge on any atom is 0.175 e. The van der Waals surface area contributed by atoms with Crippen molar-refractivity contribution in [3.05, 3.63) is 53.4 Å². The molecule has 0 amide bonds. The molecule has 3 aliphatic heterocycles. The highest BCUT2D eigenvalue weighted by molar-refractivity contribution is 8.13. The molecule has 1 saturated heterocycles. The standard InChI is InChI=1S/C18H23NO2P2S/c1-12-10-15-18-16(13(2)11-22(18,20)19(3)4)17(12)23(15,24)21-14-8-6-5-7-9-14/h5-11,15-18H,1-4H3/t15-,16-,17+,18+,22?,23?/m0/s1. The predicted octanol–water partition coefficient (Wildman–Crippen LogP) is 4.91. The highest BCUT2D eigenvalue weighted by Gasteiger charge is 2.67. The van der Waals surface area contributed by atoms with Gasteiger partial charge in [0, 0.05) is 11.6 Å². The molecule has 0 aromatic heterocycles. The van der Waals surface area contributed by atoms with Crippen LogP contribution in [0.2, 0.25) is 0 Å². The van der Waals surface area contributed by atoms with E-state index >= 15 is 0 Å². The van der Waals surface area contributed by atoms with Crippen molar-refractivity contribution in [1.29, 1.82) is 0 Å². The van der Waals surface area contributed by atoms with Crippen molar-refractivity contribution >= 4 is 25.4 Å². The van der Waals surface area contributed by atoms with Crippen LogP contribution in [-0.4, -0.2) is 35.7 Å². The molecular formula is C18H23NO2P2S. The molecule has 0 radical (unpaired) electrons. The van der Waals surface area contributed by atoms with Crippen LogP contribution in [0, 0.1) is 5.92 Å². The number of para-hydroxylation sites is 1. The van der Waals surface area contributed by atoms with Gasteiger partial charge in [0.1, 0.15) is 12.0 Å². The molecule has 1 fully saturated rings. The van der Waals surface area contributed by atoms with Crippen LogP contribution in [0.25, 0.3) is 0 Å². The van der Waals surface area contributed by atoms with Crippen LogP contribution < -0.4 is 4.52 Å². The smallest absolute Gasteiger partial charge is 0.175 e. The minimum Gasteiger partial charge on any atom is -0.465 e. The Labute approximate surface area is 149 Å². The molecule has 24 heavy (non-hydrogen) atoms. The summed E-state index contributed by atoms with van der Waals surface area (Å²) in [5, 5.41) is 0. The van der Waals surface area contributed by atoms with E-state index < -0.39 is 13.6 Å². The number of hydrogen-bond donors (Lipinski definition) is 0. The van der Waals surface area contributed by atoms with Crippen molar-refractivity contribution in [3.63, 3.8) is 0 Å². The molecule has 3 aliphatic rings. The topological polar surface area (TPSA) is 29.5 Å². The third-order valence-corrected chi connectivity index (χ3v) is 14.4. The highest BCUT2D eigenvalue weighted by atomic mass is 32.4. The lowest BCUT2D eigenvalue weighted by Crippen LogP contribution is -2.31. The Balaban J connectivity index is 1.81. The largest absolute Gasteiger partial charge is 0.465 e. The first-order valence-corrected chi connectivity index (χ1v) is 12.9. The first-order valence-electron chi connectivity index (χ1n) is 8.28. The van der Waals surface area contributed by atoms with Gasteiger partial charge in [0.05, 0.1) is 11.3 Å². The van der Waals surface area contributed by atoms with Crippen LogP contribution in [0.5, 0.6) is 5.75 Å². The summed E-state index contributed by atoms with van der Waals surface area (Å²) in [7, 11) is 1.31. The summed E-state index contributed by atoms with van der Waals surface area (Å²) in [5.41, 5.74) is 3.01. The summed E-state index contributed by atoms with van der Waals surface area (Å²) in [6, 6.07) is 9.89. The Morgan fingerprint density at radius 3 is 2.42 bits per heavy atom. The van der Waals surface area contributed by atoms with Crippen LogP contribution in [0.3, 0.4) is 0 Å². The third-order valence-electron chi connectivity index (χ3n) is 5.72. The quantitative estimate of drug-likeness (QED) is 0.551. The Morgan fingerprint density at radius 1 is 1.12 bits per heavy atom. The molecule has 1 aromatic carbocycles. The maximum atomic E-state index is 13.7. The summed E-state index contributed by atoms with van der Waals surface area (Å²) in [5.74, 6) is 3.17. The summed E-state index contributed by atoms with van der Waals surface area (Å²) < 4.78 is 22.1. The monoisotopic (exact) mass is 379 g/mol. The molecule has 6 heteroatoms. The average molecular weight is 379 g/mol. The SMILES string of the molecule is CC1=CP(=O)(N(C)C)[C@H]2[C@@H]1[C@H]1C(C)=C[C@@H]2P1(=S)Oc1ccccc1. The van der Waals surface area contributed by atoms with E-state index in [-0.39, 0.29) is 22.9 Å². The molecule has 128 valence electrons. The number of fused-ring (bicyclic) bond motifs is 5. The maximum absolute atomic E-state index is 13.7. The summed E-state index contributed by atoms with van der Waals surface area (Å²) in [6.45, 7) is 4.29. The number of allylic oxidation sites excluding steroid dienone is 3. The molecule has 2 bridgehead atoms. The van der Waals surface area contributed by atoms with Crippen molar-refractivity contribution in [2.75, 3.05) is 14.1 Å². The average Bonchev–Trinajstić information content (AvgIpc) is 3.03. The fourth-order valence-corrected chi connectivity index (χ4v) is 14.8. The lowest BCUT2D eigenvalue weighted by molar-refractivity contribution is 0.493. The fourth-order valence-electron chi connectivity index (χ4n) is 4.74. The molecule has 0 spiro atoms. The molecule has 1 aromatic rings. The second-order valence-electron chi connectivity index (χ2n) is 7.30. The summed E-state index contributed by atoms with van der Waals surface area (Å²) in [6.07, 6.45) is 0.123. The number of rotatable bonds is 3. The van der Waals surface area contributed by atoms with Gasteiger partial charge < -0.3 is 9.09 Å². The number of nitrogens with zero attached hydrogens (tertiary/aromatic N) is 1. The number of hydrogen-bond acceptors (Lipinski definition) is 3. The van der Waals surface area contributed by atoms with Gasteiger partial charge in [0.25, 0.3) is 0 Å². The minimum atomic E-state index is -2.55. The van der Waals surface area contributed by atoms with Gasteiger partial charge in [0.15, 0.2) is 7.29 Å². The van der Waals surface area contributed by atoms with Crippen LogP contribution in [0.4, 0.5) is 0 Å². The van der Waals surface area contributed by atoms with Gasteiger partial charge in [-0.2, -0.15) is 0 Å². The van der Waals surface area contributed by atoms with Gasteiger partial charge in [-0.15, -0.1) is 0 Å². The fraction of sp³-hybridized carbons (Fsp3) is 0.444. The van der Waals surface area contributed by atoms with Gasteiger partial charge in [-0.25, -0.2) is 0 Å². The summed E-state index contributed by atoms with van der Waals surface area (Å²) >= 11 is 6.20. The van der Waals surface area contributed by atoms with Crippen LogP contribution in [-0.2, 0) is 16.4 Å². The van der Waals surface area contributed by atoms with E-state index in [9.17, 15) is 4.57 Å². The second kappa shape index (κ2) is 5.42. The molecule has 3 heterocycles. The van der Waals surface area contributed by atoms with Gasteiger partial charge in [-0.1, -0.05) is 47.2 Å². The minimum absolute atomic E-state index is 0.0933. The van der Waals surface area contributed by atoms with Gasteiger partial charge in [0.2, 0.25) is 0 Å². The van der Waals surface area contributed by atoms with E-state index in [1.165, 1.54) is 11.1 Å². The zero-order valence-corrected chi connectivity index (χ0v) is 17.0. The van der Waals surface area contributed by atoms with E-state index in [1.54, 1.807) is 0 Å². The molecule has 3 nitrogen and oxygen atoms in total. The lowest BCUT2D eigenvalue weighted by Gasteiger charge is -2.31. The second-order valence-corrected chi connectivity index (χ2v) is 14.6. The van der Waals surface area contributed by atoms with E-state index in [1.807, 2.05) is 54.9 Å². The van der Waals surface area contributed by atoms with Crippen molar-refractivity contribution in [1.82, 2.24) is 4.67 Å². The van der Waals surface area contributed by atoms with Gasteiger partial charge in [-0.3, -0.25) is 4.67 Å². The van der Waals surface area contributed by atoms with Crippen LogP contribution >= 0.6 is 13.6 Å². The first-order chi connectivity index (χ1) is 11.3. The number of benzene rings is 1. The van der Waals surface area contributed by atoms with E-state index in [4.69, 9.17) is 16.3 Å². The van der Waals surface area contributed by atoms with E-state index in [0.717, 1.165) is 5.75 Å². The molecule has 6 atom stereocenters. The van der Waals surface area contributed by atoms with E-state index in [2.05, 4.69) is 19.9 Å². The Hall–Kier alpha value is -0.660. The van der Waals surface area contributed by atoms with Crippen LogP contribution in [0.15, 0.2) is 53.4 Å². The molecule has 0 N–H and O–H groups in total. The highest BCUT2D eigenvalue weighted by Crippen LogP contribution is 2.82. The van der Waals surface area contributed by atoms with Crippen molar-refractivity contribution in [3.8, 4) is 5.75 Å². The Bertz CT molecular complexity index is 846. The Kier molecular flexibility index (Phi) is 3.79. The molecule has 0 saturated carbocycles. The third kappa shape index (κ3) is 2.07. The lowest BCUT2D eigenvalue weighted by atomic mass is 9.85. The Morgan fingerprint density at radius 2 is 1.79 bits per heavy atom. The summed E-state index contributed by atoms with van der Waals surface area (Å²) in [4.78, 5) is 0. The van der Waals surface area contributed by atoms with Crippen molar-refractivity contribution in [2.45, 2.75) is 30.8 Å². The van der Waals surface area contributed by atoms with Gasteiger partial charge >= 0.3 is 0 Å². The zero-order valence-electron chi connectivity index (χ0n) is 14.4.